The summed E-state index contributed by atoms with van der Waals surface area (Å²) >= 11 is 0. The lowest BCUT2D eigenvalue weighted by atomic mass is 9.92. The Balaban J connectivity index is 2.28. The van der Waals surface area contributed by atoms with Gasteiger partial charge in [-0.05, 0) is 50.1 Å². The van der Waals surface area contributed by atoms with Gasteiger partial charge in [-0.25, -0.2) is 0 Å². The molecule has 0 bridgehead atoms. The Morgan fingerprint density at radius 1 is 1.26 bits per heavy atom. The first-order valence-electron chi connectivity index (χ1n) is 6.87. The number of hydrazine groups is 1. The van der Waals surface area contributed by atoms with Gasteiger partial charge in [0, 0.05) is 13.1 Å². The zero-order chi connectivity index (χ0) is 14.0. The summed E-state index contributed by atoms with van der Waals surface area (Å²) < 4.78 is 5.90. The molecule has 1 fully saturated rings. The van der Waals surface area contributed by atoms with Crippen LogP contribution in [0.5, 0.6) is 0 Å². The van der Waals surface area contributed by atoms with Crippen molar-refractivity contribution in [2.45, 2.75) is 32.9 Å². The predicted molar refractivity (Wildman–Crippen MR) is 78.0 cm³/mol. The van der Waals surface area contributed by atoms with Gasteiger partial charge in [0.1, 0.15) is 0 Å². The molecular weight excluding hydrogens is 238 g/mol. The minimum absolute atomic E-state index is 0.0436. The van der Waals surface area contributed by atoms with Crippen LogP contribution in [-0.2, 0) is 4.74 Å². The van der Waals surface area contributed by atoms with E-state index in [1.807, 2.05) is 0 Å². The highest BCUT2D eigenvalue weighted by Gasteiger charge is 2.28. The molecule has 2 atom stereocenters. The van der Waals surface area contributed by atoms with Gasteiger partial charge in [-0.1, -0.05) is 12.1 Å². The van der Waals surface area contributed by atoms with E-state index < -0.39 is 0 Å². The van der Waals surface area contributed by atoms with Crippen molar-refractivity contribution in [2.75, 3.05) is 26.7 Å². The van der Waals surface area contributed by atoms with Crippen molar-refractivity contribution in [1.82, 2.24) is 10.3 Å². The minimum Gasteiger partial charge on any atom is -0.374 e. The Morgan fingerprint density at radius 2 is 1.95 bits per heavy atom. The number of ether oxygens (including phenoxy) is 1. The van der Waals surface area contributed by atoms with E-state index in [0.29, 0.717) is 0 Å². The average molecular weight is 263 g/mol. The van der Waals surface area contributed by atoms with Gasteiger partial charge >= 0.3 is 0 Å². The van der Waals surface area contributed by atoms with Gasteiger partial charge in [-0.3, -0.25) is 11.3 Å². The van der Waals surface area contributed by atoms with E-state index in [1.54, 1.807) is 0 Å². The highest BCUT2D eigenvalue weighted by Crippen LogP contribution is 2.26. The summed E-state index contributed by atoms with van der Waals surface area (Å²) in [4.78, 5) is 2.29. The standard InChI is InChI=1S/C15H25N3O/c1-10-7-12(3)13(8-11(10)2)15(17-16)14-9-18(4)5-6-19-14/h7-8,14-15,17H,5-6,9,16H2,1-4H3. The fourth-order valence-electron chi connectivity index (χ4n) is 2.73. The molecule has 0 saturated carbocycles. The van der Waals surface area contributed by atoms with Gasteiger partial charge in [0.25, 0.3) is 0 Å². The SMILES string of the molecule is Cc1cc(C)c(C(NN)C2CN(C)CCO2)cc1C. The van der Waals surface area contributed by atoms with Crippen LogP contribution in [0.3, 0.4) is 0 Å². The molecule has 0 spiro atoms. The number of nitrogens with two attached hydrogens (primary N) is 1. The van der Waals surface area contributed by atoms with Crippen molar-refractivity contribution in [2.24, 2.45) is 5.84 Å². The Hall–Kier alpha value is -0.940. The summed E-state index contributed by atoms with van der Waals surface area (Å²) in [5.74, 6) is 5.79. The maximum absolute atomic E-state index is 5.90. The number of benzene rings is 1. The molecule has 2 rings (SSSR count). The Labute approximate surface area is 115 Å². The van der Waals surface area contributed by atoms with Crippen LogP contribution in [0.4, 0.5) is 0 Å². The predicted octanol–water partition coefficient (Wildman–Crippen LogP) is 1.45. The lowest BCUT2D eigenvalue weighted by Crippen LogP contribution is -2.48. The molecule has 19 heavy (non-hydrogen) atoms. The first kappa shape index (κ1) is 14.5. The van der Waals surface area contributed by atoms with Gasteiger partial charge in [-0.15, -0.1) is 0 Å². The topological polar surface area (TPSA) is 50.5 Å². The highest BCUT2D eigenvalue weighted by molar-refractivity contribution is 5.38. The molecular formula is C15H25N3O. The molecule has 0 aliphatic carbocycles. The number of rotatable bonds is 3. The van der Waals surface area contributed by atoms with Crippen LogP contribution in [-0.4, -0.2) is 37.7 Å². The largest absolute Gasteiger partial charge is 0.374 e. The smallest absolute Gasteiger partial charge is 0.0909 e. The number of nitrogens with one attached hydrogen (secondary N) is 1. The Morgan fingerprint density at radius 3 is 2.58 bits per heavy atom. The lowest BCUT2D eigenvalue weighted by molar-refractivity contribution is -0.0394. The van der Waals surface area contributed by atoms with E-state index in [2.05, 4.69) is 50.3 Å². The number of likely N-dealkylation sites (N-methyl/N-ethyl adjacent to an activating group) is 1. The van der Waals surface area contributed by atoms with Crippen LogP contribution in [0.25, 0.3) is 0 Å². The zero-order valence-corrected chi connectivity index (χ0v) is 12.4. The first-order valence-corrected chi connectivity index (χ1v) is 6.87. The normalized spacial score (nSPS) is 22.5. The monoisotopic (exact) mass is 263 g/mol. The van der Waals surface area contributed by atoms with Crippen molar-refractivity contribution >= 4 is 0 Å². The van der Waals surface area contributed by atoms with Gasteiger partial charge in [0.15, 0.2) is 0 Å². The van der Waals surface area contributed by atoms with Crippen molar-refractivity contribution < 1.29 is 4.74 Å². The van der Waals surface area contributed by atoms with E-state index in [9.17, 15) is 0 Å². The number of morpholine rings is 1. The van der Waals surface area contributed by atoms with Crippen molar-refractivity contribution in [3.63, 3.8) is 0 Å². The Bertz CT molecular complexity index is 447. The van der Waals surface area contributed by atoms with Gasteiger partial charge in [0.2, 0.25) is 0 Å². The lowest BCUT2D eigenvalue weighted by Gasteiger charge is -2.35. The third-order valence-corrected chi connectivity index (χ3v) is 4.07. The third-order valence-electron chi connectivity index (χ3n) is 4.07. The third kappa shape index (κ3) is 3.15. The summed E-state index contributed by atoms with van der Waals surface area (Å²) in [6.07, 6.45) is 0.101. The van der Waals surface area contributed by atoms with Crippen LogP contribution in [0, 0.1) is 20.8 Å². The van der Waals surface area contributed by atoms with Crippen molar-refractivity contribution in [3.8, 4) is 0 Å². The quantitative estimate of drug-likeness (QED) is 0.640. The van der Waals surface area contributed by atoms with Gasteiger partial charge in [0.05, 0.1) is 18.8 Å². The molecule has 4 nitrogen and oxygen atoms in total. The summed E-state index contributed by atoms with van der Waals surface area (Å²) in [5.41, 5.74) is 8.07. The van der Waals surface area contributed by atoms with Crippen LogP contribution >= 0.6 is 0 Å². The summed E-state index contributed by atoms with van der Waals surface area (Å²) in [5, 5.41) is 0. The van der Waals surface area contributed by atoms with Gasteiger partial charge in [-0.2, -0.15) is 0 Å². The summed E-state index contributed by atoms with van der Waals surface area (Å²) in [6, 6.07) is 4.50. The second-order valence-corrected chi connectivity index (χ2v) is 5.61. The van der Waals surface area contributed by atoms with E-state index in [4.69, 9.17) is 10.6 Å². The molecule has 106 valence electrons. The number of aryl methyl sites for hydroxylation is 3. The fraction of sp³-hybridized carbons (Fsp3) is 0.600. The van der Waals surface area contributed by atoms with Crippen LogP contribution in [0.1, 0.15) is 28.3 Å². The molecule has 2 unspecified atom stereocenters. The van der Waals surface area contributed by atoms with Crippen molar-refractivity contribution in [1.29, 1.82) is 0 Å². The van der Waals surface area contributed by atoms with Crippen LogP contribution in [0.15, 0.2) is 12.1 Å². The van der Waals surface area contributed by atoms with Crippen LogP contribution in [0.2, 0.25) is 0 Å². The maximum atomic E-state index is 5.90. The number of hydrogen-bond donors (Lipinski definition) is 2. The van der Waals surface area contributed by atoms with E-state index in [1.165, 1.54) is 22.3 Å². The molecule has 0 aromatic heterocycles. The second-order valence-electron chi connectivity index (χ2n) is 5.61. The van der Waals surface area contributed by atoms with E-state index in [0.717, 1.165) is 19.7 Å². The maximum Gasteiger partial charge on any atom is 0.0909 e. The fourth-order valence-corrected chi connectivity index (χ4v) is 2.73. The molecule has 1 saturated heterocycles. The molecule has 1 heterocycles. The summed E-state index contributed by atoms with van der Waals surface area (Å²) in [6.45, 7) is 9.07. The first-order chi connectivity index (χ1) is 9.02. The molecule has 1 aliphatic heterocycles. The zero-order valence-electron chi connectivity index (χ0n) is 12.4. The number of nitrogens with zero attached hydrogens (tertiary/aromatic N) is 1. The molecule has 3 N–H and O–H groups in total. The van der Waals surface area contributed by atoms with E-state index in [-0.39, 0.29) is 12.1 Å². The number of hydrogen-bond acceptors (Lipinski definition) is 4. The molecule has 4 heteroatoms. The van der Waals surface area contributed by atoms with Gasteiger partial charge < -0.3 is 9.64 Å². The second kappa shape index (κ2) is 6.01. The van der Waals surface area contributed by atoms with E-state index >= 15 is 0 Å². The Kier molecular flexibility index (Phi) is 4.58. The molecule has 1 aromatic rings. The minimum atomic E-state index is 0.0436. The summed E-state index contributed by atoms with van der Waals surface area (Å²) in [7, 11) is 2.12. The molecule has 1 aromatic carbocycles. The highest BCUT2D eigenvalue weighted by atomic mass is 16.5. The molecule has 1 aliphatic rings. The molecule has 0 amide bonds. The van der Waals surface area contributed by atoms with Crippen LogP contribution < -0.4 is 11.3 Å². The van der Waals surface area contributed by atoms with Crippen molar-refractivity contribution in [3.05, 3.63) is 34.4 Å². The average Bonchev–Trinajstić information content (AvgIpc) is 2.36. The molecule has 0 radical (unpaired) electrons.